The molecule has 3 aromatic rings. The Balaban J connectivity index is 1.92. The van der Waals surface area contributed by atoms with Gasteiger partial charge >= 0.3 is 0 Å². The summed E-state index contributed by atoms with van der Waals surface area (Å²) in [7, 11) is 0. The number of nitrogens with zero attached hydrogens (tertiary/aromatic N) is 1. The van der Waals surface area contributed by atoms with Crippen molar-refractivity contribution < 1.29 is 9.90 Å². The first kappa shape index (κ1) is 18.2. The van der Waals surface area contributed by atoms with Gasteiger partial charge in [0.2, 0.25) is 0 Å². The van der Waals surface area contributed by atoms with E-state index in [-0.39, 0.29) is 17.0 Å². The number of aliphatic imine (C=N–C) groups is 1. The first-order valence-electron chi connectivity index (χ1n) is 9.52. The van der Waals surface area contributed by atoms with E-state index in [4.69, 9.17) is 4.99 Å². The lowest BCUT2D eigenvalue weighted by Crippen LogP contribution is -2.32. The van der Waals surface area contributed by atoms with Crippen molar-refractivity contribution >= 4 is 33.7 Å². The standard InChI is InChI=1S/C25H23NO2/c1-25(2)15-21(26-20-14-8-12-17-9-6-7-13-19(17)20)23(22(27)16-25)24(28)18-10-4-3-5-11-18/h3-14,28H,15-16H2,1-2H3. The van der Waals surface area contributed by atoms with Crippen molar-refractivity contribution in [1.29, 1.82) is 0 Å². The largest absolute Gasteiger partial charge is 0.506 e. The fourth-order valence-corrected chi connectivity index (χ4v) is 3.84. The van der Waals surface area contributed by atoms with E-state index in [9.17, 15) is 9.90 Å². The van der Waals surface area contributed by atoms with Crippen LogP contribution in [0.4, 0.5) is 5.69 Å². The summed E-state index contributed by atoms with van der Waals surface area (Å²) in [5.74, 6) is -0.0447. The highest BCUT2D eigenvalue weighted by Gasteiger charge is 2.36. The Hall–Kier alpha value is -3.20. The molecular formula is C25H23NO2. The molecule has 0 amide bonds. The molecule has 0 bridgehead atoms. The van der Waals surface area contributed by atoms with Crippen LogP contribution in [-0.4, -0.2) is 16.6 Å². The molecule has 1 fully saturated rings. The lowest BCUT2D eigenvalue weighted by molar-refractivity contribution is -0.117. The van der Waals surface area contributed by atoms with E-state index in [1.54, 1.807) is 0 Å². The molecule has 4 rings (SSSR count). The minimum Gasteiger partial charge on any atom is -0.506 e. The SMILES string of the molecule is CC1(C)CC(=O)C(=C(O)c2ccccc2)C(=Nc2cccc3ccccc23)C1. The van der Waals surface area contributed by atoms with Gasteiger partial charge in [-0.25, -0.2) is 0 Å². The molecule has 0 saturated heterocycles. The molecular weight excluding hydrogens is 346 g/mol. The van der Waals surface area contributed by atoms with Gasteiger partial charge in [0.15, 0.2) is 5.78 Å². The molecule has 0 aliphatic heterocycles. The number of fused-ring (bicyclic) bond motifs is 1. The molecule has 0 atom stereocenters. The van der Waals surface area contributed by atoms with E-state index >= 15 is 0 Å². The van der Waals surface area contributed by atoms with E-state index in [1.165, 1.54) is 0 Å². The highest BCUT2D eigenvalue weighted by molar-refractivity contribution is 6.28. The van der Waals surface area contributed by atoms with Gasteiger partial charge in [-0.15, -0.1) is 0 Å². The monoisotopic (exact) mass is 369 g/mol. The van der Waals surface area contributed by atoms with Crippen molar-refractivity contribution in [2.24, 2.45) is 10.4 Å². The number of aliphatic hydroxyl groups is 1. The summed E-state index contributed by atoms with van der Waals surface area (Å²) in [5.41, 5.74) is 2.26. The number of aliphatic hydroxyl groups excluding tert-OH is 1. The molecule has 1 aliphatic carbocycles. The van der Waals surface area contributed by atoms with E-state index < -0.39 is 0 Å². The van der Waals surface area contributed by atoms with Crippen LogP contribution >= 0.6 is 0 Å². The number of allylic oxidation sites excluding steroid dienone is 1. The molecule has 3 heteroatoms. The van der Waals surface area contributed by atoms with Gasteiger partial charge in [-0.3, -0.25) is 9.79 Å². The number of hydrogen-bond donors (Lipinski definition) is 1. The maximum Gasteiger partial charge on any atom is 0.169 e. The molecule has 1 aliphatic rings. The van der Waals surface area contributed by atoms with Crippen molar-refractivity contribution in [2.45, 2.75) is 26.7 Å². The normalized spacial score (nSPS) is 19.8. The Morgan fingerprint density at radius 2 is 1.57 bits per heavy atom. The summed E-state index contributed by atoms with van der Waals surface area (Å²) >= 11 is 0. The Labute approximate surface area is 165 Å². The van der Waals surface area contributed by atoms with E-state index in [2.05, 4.69) is 13.8 Å². The zero-order chi connectivity index (χ0) is 19.7. The van der Waals surface area contributed by atoms with Gasteiger partial charge in [0.05, 0.1) is 17.0 Å². The highest BCUT2D eigenvalue weighted by atomic mass is 16.3. The number of carbonyl (C=O) groups is 1. The number of carbonyl (C=O) groups excluding carboxylic acids is 1. The van der Waals surface area contributed by atoms with Crippen molar-refractivity contribution in [1.82, 2.24) is 0 Å². The molecule has 28 heavy (non-hydrogen) atoms. The molecule has 3 nitrogen and oxygen atoms in total. The van der Waals surface area contributed by atoms with Crippen LogP contribution in [0.15, 0.2) is 83.4 Å². The Kier molecular flexibility index (Phi) is 4.60. The van der Waals surface area contributed by atoms with Crippen molar-refractivity contribution in [3.05, 3.63) is 83.9 Å². The van der Waals surface area contributed by atoms with Gasteiger partial charge in [0.1, 0.15) is 5.76 Å². The summed E-state index contributed by atoms with van der Waals surface area (Å²) in [5, 5.41) is 13.1. The van der Waals surface area contributed by atoms with Gasteiger partial charge in [-0.1, -0.05) is 80.6 Å². The summed E-state index contributed by atoms with van der Waals surface area (Å²) in [6.45, 7) is 4.14. The second kappa shape index (κ2) is 7.08. The van der Waals surface area contributed by atoms with E-state index in [0.29, 0.717) is 29.7 Å². The van der Waals surface area contributed by atoms with Crippen molar-refractivity contribution in [2.75, 3.05) is 0 Å². The summed E-state index contributed by atoms with van der Waals surface area (Å²) < 4.78 is 0. The van der Waals surface area contributed by atoms with Crippen LogP contribution in [0.5, 0.6) is 0 Å². The first-order chi connectivity index (χ1) is 13.4. The molecule has 140 valence electrons. The van der Waals surface area contributed by atoms with Gasteiger partial charge < -0.3 is 5.11 Å². The van der Waals surface area contributed by atoms with Crippen molar-refractivity contribution in [3.63, 3.8) is 0 Å². The molecule has 1 N–H and O–H groups in total. The van der Waals surface area contributed by atoms with Crippen LogP contribution in [0.25, 0.3) is 16.5 Å². The number of ketones is 1. The van der Waals surface area contributed by atoms with Gasteiger partial charge in [0.25, 0.3) is 0 Å². The fourth-order valence-electron chi connectivity index (χ4n) is 3.84. The zero-order valence-corrected chi connectivity index (χ0v) is 16.1. The smallest absolute Gasteiger partial charge is 0.169 e. The molecule has 0 spiro atoms. The minimum absolute atomic E-state index is 0.0140. The quantitative estimate of drug-likeness (QED) is 0.427. The lowest BCUT2D eigenvalue weighted by atomic mass is 9.73. The Morgan fingerprint density at radius 1 is 0.893 bits per heavy atom. The topological polar surface area (TPSA) is 49.7 Å². The van der Waals surface area contributed by atoms with E-state index in [1.807, 2.05) is 72.8 Å². The van der Waals surface area contributed by atoms with E-state index in [0.717, 1.165) is 16.5 Å². The molecule has 1 saturated carbocycles. The predicted octanol–water partition coefficient (Wildman–Crippen LogP) is 6.27. The summed E-state index contributed by atoms with van der Waals surface area (Å²) in [4.78, 5) is 17.9. The number of Topliss-reactive ketones (excluding diaryl/α,β-unsaturated/α-hetero) is 1. The molecule has 0 radical (unpaired) electrons. The van der Waals surface area contributed by atoms with Crippen LogP contribution in [0.1, 0.15) is 32.3 Å². The van der Waals surface area contributed by atoms with Crippen molar-refractivity contribution in [3.8, 4) is 0 Å². The maximum absolute atomic E-state index is 13.0. The Morgan fingerprint density at radius 3 is 2.36 bits per heavy atom. The third kappa shape index (κ3) is 3.48. The molecule has 0 heterocycles. The highest BCUT2D eigenvalue weighted by Crippen LogP contribution is 2.38. The van der Waals surface area contributed by atoms with Gasteiger partial charge in [-0.05, 0) is 23.3 Å². The molecule has 0 aromatic heterocycles. The lowest BCUT2D eigenvalue weighted by Gasteiger charge is -2.31. The minimum atomic E-state index is -0.193. The van der Waals surface area contributed by atoms with Crippen LogP contribution in [-0.2, 0) is 4.79 Å². The zero-order valence-electron chi connectivity index (χ0n) is 16.1. The molecule has 3 aromatic carbocycles. The third-order valence-corrected chi connectivity index (χ3v) is 5.16. The van der Waals surface area contributed by atoms with Crippen LogP contribution in [0.2, 0.25) is 0 Å². The summed E-state index contributed by atoms with van der Waals surface area (Å²) in [6.07, 6.45) is 1.03. The Bertz CT molecular complexity index is 1100. The van der Waals surface area contributed by atoms with Gasteiger partial charge in [-0.2, -0.15) is 0 Å². The maximum atomic E-state index is 13.0. The predicted molar refractivity (Wildman–Crippen MR) is 115 cm³/mol. The van der Waals surface area contributed by atoms with Crippen LogP contribution in [0, 0.1) is 5.41 Å². The number of hydrogen-bond acceptors (Lipinski definition) is 3. The number of benzene rings is 3. The fraction of sp³-hybridized carbons (Fsp3) is 0.200. The van der Waals surface area contributed by atoms with Crippen LogP contribution < -0.4 is 0 Å². The average molecular weight is 369 g/mol. The number of rotatable bonds is 2. The van der Waals surface area contributed by atoms with Gasteiger partial charge in [0, 0.05) is 17.4 Å². The average Bonchev–Trinajstić information content (AvgIpc) is 2.67. The second-order valence-electron chi connectivity index (χ2n) is 8.09. The molecule has 0 unspecified atom stereocenters. The summed E-state index contributed by atoms with van der Waals surface area (Å²) in [6, 6.07) is 23.3. The third-order valence-electron chi connectivity index (χ3n) is 5.16. The van der Waals surface area contributed by atoms with Crippen LogP contribution in [0.3, 0.4) is 0 Å². The first-order valence-corrected chi connectivity index (χ1v) is 9.52. The second-order valence-corrected chi connectivity index (χ2v) is 8.09.